The molecule has 3 aliphatic rings. The topological polar surface area (TPSA) is 52.6 Å². The predicted octanol–water partition coefficient (Wildman–Crippen LogP) is 0.565. The van der Waals surface area contributed by atoms with Gasteiger partial charge in [0, 0.05) is 0 Å². The molecule has 1 aliphatic carbocycles. The van der Waals surface area contributed by atoms with Gasteiger partial charge in [-0.25, -0.2) is 0 Å². The number of hydrogen-bond donors (Lipinski definition) is 0. The minimum atomic E-state index is -0.803. The lowest BCUT2D eigenvalue weighted by atomic mass is 9.68. The Labute approximate surface area is 80.9 Å². The summed E-state index contributed by atoms with van der Waals surface area (Å²) >= 11 is 0. The van der Waals surface area contributed by atoms with Crippen molar-refractivity contribution in [1.82, 2.24) is 0 Å². The molecule has 4 heteroatoms. The first-order valence-electron chi connectivity index (χ1n) is 4.75. The van der Waals surface area contributed by atoms with Crippen molar-refractivity contribution in [2.24, 2.45) is 5.41 Å². The van der Waals surface area contributed by atoms with Crippen LogP contribution in [0.3, 0.4) is 0 Å². The summed E-state index contributed by atoms with van der Waals surface area (Å²) in [5.41, 5.74) is -1.49. The molecule has 0 amide bonds. The van der Waals surface area contributed by atoms with Crippen molar-refractivity contribution in [2.75, 3.05) is 6.61 Å². The molecule has 0 aromatic rings. The van der Waals surface area contributed by atoms with Gasteiger partial charge in [-0.05, 0) is 12.8 Å². The van der Waals surface area contributed by atoms with Gasteiger partial charge in [-0.2, -0.15) is 0 Å². The van der Waals surface area contributed by atoms with E-state index in [0.717, 1.165) is 6.42 Å². The van der Waals surface area contributed by atoms with E-state index in [4.69, 9.17) is 9.47 Å². The van der Waals surface area contributed by atoms with Crippen molar-refractivity contribution in [3.8, 4) is 0 Å². The van der Waals surface area contributed by atoms with Gasteiger partial charge in [-0.1, -0.05) is 12.2 Å². The van der Waals surface area contributed by atoms with Crippen LogP contribution in [0.1, 0.15) is 19.3 Å². The van der Waals surface area contributed by atoms with Crippen LogP contribution in [0.5, 0.6) is 0 Å². The standard InChI is InChI=1S/C10H10O4/c11-7-5-9-3-1-2-4-10(9,14-7)6-13-8(9)12/h1,3H,2,4-6H2/t9-,10+/m1/s1. The lowest BCUT2D eigenvalue weighted by molar-refractivity contribution is -0.152. The minimum absolute atomic E-state index is 0.141. The Balaban J connectivity index is 2.18. The normalized spacial score (nSPS) is 44.3. The maximum Gasteiger partial charge on any atom is 0.320 e. The molecule has 2 fully saturated rings. The average molecular weight is 194 g/mol. The summed E-state index contributed by atoms with van der Waals surface area (Å²) in [5.74, 6) is -0.590. The average Bonchev–Trinajstić information content (AvgIpc) is 2.60. The van der Waals surface area contributed by atoms with Crippen molar-refractivity contribution in [1.29, 1.82) is 0 Å². The molecule has 0 spiro atoms. The van der Waals surface area contributed by atoms with Crippen molar-refractivity contribution >= 4 is 11.9 Å². The number of carbonyl (C=O) groups excluding carboxylic acids is 2. The molecule has 2 atom stereocenters. The summed E-state index contributed by atoms with van der Waals surface area (Å²) in [6, 6.07) is 0. The van der Waals surface area contributed by atoms with Crippen LogP contribution in [-0.4, -0.2) is 24.1 Å². The van der Waals surface area contributed by atoms with E-state index in [1.54, 1.807) is 6.08 Å². The number of carbonyl (C=O) groups is 2. The number of hydrogen-bond acceptors (Lipinski definition) is 4. The van der Waals surface area contributed by atoms with Crippen LogP contribution in [0.15, 0.2) is 12.2 Å². The Morgan fingerprint density at radius 3 is 3.00 bits per heavy atom. The second-order valence-corrected chi connectivity index (χ2v) is 4.13. The van der Waals surface area contributed by atoms with Gasteiger partial charge in [0.15, 0.2) is 5.60 Å². The van der Waals surface area contributed by atoms with E-state index in [1.165, 1.54) is 0 Å². The highest BCUT2D eigenvalue weighted by Gasteiger charge is 2.69. The molecule has 0 radical (unpaired) electrons. The van der Waals surface area contributed by atoms with Crippen LogP contribution < -0.4 is 0 Å². The van der Waals surface area contributed by atoms with Crippen molar-refractivity contribution in [3.05, 3.63) is 12.2 Å². The third kappa shape index (κ3) is 0.669. The van der Waals surface area contributed by atoms with Crippen LogP contribution in [0.4, 0.5) is 0 Å². The second kappa shape index (κ2) is 2.19. The molecule has 0 saturated carbocycles. The summed E-state index contributed by atoms with van der Waals surface area (Å²) in [7, 11) is 0. The van der Waals surface area contributed by atoms with E-state index in [-0.39, 0.29) is 25.0 Å². The Morgan fingerprint density at radius 1 is 1.36 bits per heavy atom. The van der Waals surface area contributed by atoms with Gasteiger partial charge in [0.25, 0.3) is 0 Å². The Bertz CT molecular complexity index is 355. The van der Waals surface area contributed by atoms with Gasteiger partial charge in [-0.3, -0.25) is 9.59 Å². The molecule has 2 heterocycles. The SMILES string of the molecule is O=C1C[C@@]23C=CCC[C@@]2(COC3=O)O1. The van der Waals surface area contributed by atoms with Gasteiger partial charge in [-0.15, -0.1) is 0 Å². The van der Waals surface area contributed by atoms with Gasteiger partial charge < -0.3 is 9.47 Å². The zero-order valence-electron chi connectivity index (χ0n) is 7.62. The summed E-state index contributed by atoms with van der Waals surface area (Å²) in [4.78, 5) is 22.9. The number of rotatable bonds is 0. The molecule has 0 N–H and O–H groups in total. The Kier molecular flexibility index (Phi) is 1.25. The van der Waals surface area contributed by atoms with E-state index < -0.39 is 11.0 Å². The minimum Gasteiger partial charge on any atom is -0.461 e. The molecule has 0 unspecified atom stereocenters. The summed E-state index contributed by atoms with van der Waals surface area (Å²) in [5, 5.41) is 0. The molecule has 14 heavy (non-hydrogen) atoms. The van der Waals surface area contributed by atoms with E-state index in [9.17, 15) is 9.59 Å². The number of allylic oxidation sites excluding steroid dienone is 1. The fraction of sp³-hybridized carbons (Fsp3) is 0.600. The van der Waals surface area contributed by atoms with Crippen LogP contribution in [0, 0.1) is 5.41 Å². The maximum atomic E-state index is 11.6. The first-order chi connectivity index (χ1) is 6.69. The Morgan fingerprint density at radius 2 is 2.21 bits per heavy atom. The fourth-order valence-corrected chi connectivity index (χ4v) is 2.69. The third-order valence-corrected chi connectivity index (χ3v) is 3.46. The van der Waals surface area contributed by atoms with Gasteiger partial charge in [0.1, 0.15) is 12.0 Å². The smallest absolute Gasteiger partial charge is 0.320 e. The van der Waals surface area contributed by atoms with Crippen LogP contribution in [0.25, 0.3) is 0 Å². The summed E-state index contributed by atoms with van der Waals surface area (Å²) in [6.45, 7) is 0.224. The van der Waals surface area contributed by atoms with Crippen molar-refractivity contribution < 1.29 is 19.1 Å². The van der Waals surface area contributed by atoms with Crippen LogP contribution in [0.2, 0.25) is 0 Å². The zero-order valence-corrected chi connectivity index (χ0v) is 7.62. The molecule has 0 aromatic carbocycles. The number of cyclic esters (lactones) is 1. The molecule has 0 bridgehead atoms. The largest absolute Gasteiger partial charge is 0.461 e. The highest BCUT2D eigenvalue weighted by atomic mass is 16.6. The van der Waals surface area contributed by atoms with Gasteiger partial charge in [0.05, 0.1) is 6.42 Å². The predicted molar refractivity (Wildman–Crippen MR) is 45.2 cm³/mol. The molecular formula is C10H10O4. The number of ether oxygens (including phenoxy) is 2. The zero-order chi connectivity index (χ0) is 9.81. The monoisotopic (exact) mass is 194 g/mol. The van der Waals surface area contributed by atoms with E-state index >= 15 is 0 Å². The van der Waals surface area contributed by atoms with E-state index in [0.29, 0.717) is 6.42 Å². The summed E-state index contributed by atoms with van der Waals surface area (Å²) in [6.07, 6.45) is 5.42. The second-order valence-electron chi connectivity index (χ2n) is 4.13. The molecule has 0 aromatic heterocycles. The lowest BCUT2D eigenvalue weighted by Crippen LogP contribution is -2.46. The quantitative estimate of drug-likeness (QED) is 0.417. The third-order valence-electron chi connectivity index (χ3n) is 3.46. The highest BCUT2D eigenvalue weighted by Crippen LogP contribution is 2.55. The lowest BCUT2D eigenvalue weighted by Gasteiger charge is -2.33. The van der Waals surface area contributed by atoms with E-state index in [1.807, 2.05) is 6.08 Å². The van der Waals surface area contributed by atoms with Crippen LogP contribution >= 0.6 is 0 Å². The first-order valence-corrected chi connectivity index (χ1v) is 4.75. The first kappa shape index (κ1) is 8.03. The fourth-order valence-electron chi connectivity index (χ4n) is 2.69. The molecule has 4 nitrogen and oxygen atoms in total. The maximum absolute atomic E-state index is 11.6. The van der Waals surface area contributed by atoms with Gasteiger partial charge in [0.2, 0.25) is 0 Å². The molecule has 74 valence electrons. The van der Waals surface area contributed by atoms with Gasteiger partial charge >= 0.3 is 11.9 Å². The highest BCUT2D eigenvalue weighted by molar-refractivity contribution is 5.92. The number of esters is 2. The molecule has 3 rings (SSSR count). The summed E-state index contributed by atoms with van der Waals surface area (Å²) < 4.78 is 10.3. The molecule has 2 saturated heterocycles. The van der Waals surface area contributed by atoms with Crippen LogP contribution in [-0.2, 0) is 19.1 Å². The molecular weight excluding hydrogens is 184 g/mol. The van der Waals surface area contributed by atoms with Crippen molar-refractivity contribution in [2.45, 2.75) is 24.9 Å². The van der Waals surface area contributed by atoms with Crippen molar-refractivity contribution in [3.63, 3.8) is 0 Å². The van der Waals surface area contributed by atoms with E-state index in [2.05, 4.69) is 0 Å². The Hall–Kier alpha value is -1.32. The molecule has 2 aliphatic heterocycles.